The Morgan fingerprint density at radius 2 is 1.93 bits per heavy atom. The zero-order chi connectivity index (χ0) is 11.9. The van der Waals surface area contributed by atoms with Gasteiger partial charge in [0.2, 0.25) is 0 Å². The molecule has 1 aliphatic rings. The van der Waals surface area contributed by atoms with Crippen molar-refractivity contribution in [2.45, 2.75) is 41.0 Å². The van der Waals surface area contributed by atoms with Crippen LogP contribution in [-0.2, 0) is 9.53 Å². The van der Waals surface area contributed by atoms with E-state index in [-0.39, 0.29) is 22.5 Å². The van der Waals surface area contributed by atoms with Crippen molar-refractivity contribution in [3.8, 4) is 0 Å². The van der Waals surface area contributed by atoms with Gasteiger partial charge < -0.3 is 4.74 Å². The first-order valence-electron chi connectivity index (χ1n) is 5.47. The molecule has 2 nitrogen and oxygen atoms in total. The Balaban J connectivity index is 3.17. The summed E-state index contributed by atoms with van der Waals surface area (Å²) < 4.78 is 5.34. The predicted octanol–water partition coefficient (Wildman–Crippen LogP) is 3.18. The van der Waals surface area contributed by atoms with Crippen LogP contribution in [0.15, 0.2) is 11.8 Å². The topological polar surface area (TPSA) is 26.3 Å². The molecule has 15 heavy (non-hydrogen) atoms. The first kappa shape index (κ1) is 12.3. The van der Waals surface area contributed by atoms with Gasteiger partial charge in [0.05, 0.1) is 12.9 Å². The molecule has 86 valence electrons. The van der Waals surface area contributed by atoms with Crippen LogP contribution in [0.25, 0.3) is 0 Å². The molecule has 0 saturated heterocycles. The van der Waals surface area contributed by atoms with E-state index in [1.165, 1.54) is 0 Å². The number of hydrogen-bond donors (Lipinski definition) is 0. The second-order valence-corrected chi connectivity index (χ2v) is 5.85. The van der Waals surface area contributed by atoms with Gasteiger partial charge >= 0.3 is 0 Å². The van der Waals surface area contributed by atoms with Gasteiger partial charge in [0.1, 0.15) is 5.78 Å². The number of carbonyl (C=O) groups is 1. The number of allylic oxidation sites excluding steroid dienone is 2. The van der Waals surface area contributed by atoms with E-state index in [1.54, 1.807) is 14.0 Å². The van der Waals surface area contributed by atoms with Gasteiger partial charge in [-0.2, -0.15) is 0 Å². The molecule has 0 amide bonds. The summed E-state index contributed by atoms with van der Waals surface area (Å²) >= 11 is 0. The highest BCUT2D eigenvalue weighted by Crippen LogP contribution is 2.50. The SMILES string of the molecule is COC1=CC(C)(C)[C@@H](C(C)=O)C(C)(C)C1. The minimum atomic E-state index is -0.112. The predicted molar refractivity (Wildman–Crippen MR) is 61.4 cm³/mol. The summed E-state index contributed by atoms with van der Waals surface area (Å²) in [5.74, 6) is 1.35. The number of ketones is 1. The molecule has 1 atom stereocenters. The summed E-state index contributed by atoms with van der Waals surface area (Å²) in [7, 11) is 1.70. The van der Waals surface area contributed by atoms with Crippen LogP contribution in [-0.4, -0.2) is 12.9 Å². The van der Waals surface area contributed by atoms with Crippen LogP contribution in [0.4, 0.5) is 0 Å². The highest BCUT2D eigenvalue weighted by molar-refractivity contribution is 5.80. The van der Waals surface area contributed by atoms with E-state index in [1.807, 2.05) is 0 Å². The molecule has 0 unspecified atom stereocenters. The zero-order valence-corrected chi connectivity index (χ0v) is 10.7. The third-order valence-electron chi connectivity index (χ3n) is 3.36. The van der Waals surface area contributed by atoms with Crippen LogP contribution in [0.2, 0.25) is 0 Å². The van der Waals surface area contributed by atoms with E-state index in [0.717, 1.165) is 12.2 Å². The summed E-state index contributed by atoms with van der Waals surface area (Å²) in [6.07, 6.45) is 2.95. The van der Waals surface area contributed by atoms with E-state index >= 15 is 0 Å². The van der Waals surface area contributed by atoms with Gasteiger partial charge in [-0.15, -0.1) is 0 Å². The minimum absolute atomic E-state index is 0.0184. The lowest BCUT2D eigenvalue weighted by Gasteiger charge is -2.45. The Kier molecular flexibility index (Phi) is 2.99. The standard InChI is InChI=1S/C13H22O2/c1-9(14)11-12(2,3)7-10(15-6)8-13(11,4)5/h7,11H,8H2,1-6H3/t11-/m1/s1. The lowest BCUT2D eigenvalue weighted by atomic mass is 9.58. The molecule has 2 heteroatoms. The lowest BCUT2D eigenvalue weighted by molar-refractivity contribution is -0.129. The van der Waals surface area contributed by atoms with Gasteiger partial charge in [0.15, 0.2) is 0 Å². The van der Waals surface area contributed by atoms with Crippen LogP contribution < -0.4 is 0 Å². The molecule has 1 rings (SSSR count). The Morgan fingerprint density at radius 3 is 2.27 bits per heavy atom. The number of rotatable bonds is 2. The molecule has 0 aromatic rings. The molecule has 0 N–H and O–H groups in total. The van der Waals surface area contributed by atoms with E-state index in [9.17, 15) is 4.79 Å². The van der Waals surface area contributed by atoms with Gasteiger partial charge in [0.25, 0.3) is 0 Å². The molecule has 0 fully saturated rings. The van der Waals surface area contributed by atoms with Crippen LogP contribution in [0.5, 0.6) is 0 Å². The van der Waals surface area contributed by atoms with Gasteiger partial charge in [-0.25, -0.2) is 0 Å². The largest absolute Gasteiger partial charge is 0.501 e. The number of carbonyl (C=O) groups excluding carboxylic acids is 1. The second kappa shape index (κ2) is 3.66. The highest BCUT2D eigenvalue weighted by Gasteiger charge is 2.46. The summed E-state index contributed by atoms with van der Waals surface area (Å²) in [4.78, 5) is 11.8. The molecular formula is C13H22O2. The molecular weight excluding hydrogens is 188 g/mol. The van der Waals surface area contributed by atoms with Crippen molar-refractivity contribution in [1.29, 1.82) is 0 Å². The molecule has 0 radical (unpaired) electrons. The Hall–Kier alpha value is -0.790. The van der Waals surface area contributed by atoms with Crippen LogP contribution in [0.3, 0.4) is 0 Å². The number of ether oxygens (including phenoxy) is 1. The van der Waals surface area contributed by atoms with Gasteiger partial charge in [-0.3, -0.25) is 4.79 Å². The van der Waals surface area contributed by atoms with Crippen LogP contribution in [0, 0.1) is 16.7 Å². The van der Waals surface area contributed by atoms with E-state index < -0.39 is 0 Å². The fourth-order valence-corrected chi connectivity index (χ4v) is 3.31. The third kappa shape index (κ3) is 2.24. The maximum absolute atomic E-state index is 11.8. The number of methoxy groups -OCH3 is 1. The Morgan fingerprint density at radius 1 is 1.40 bits per heavy atom. The van der Waals surface area contributed by atoms with Crippen molar-refractivity contribution < 1.29 is 9.53 Å². The number of hydrogen-bond acceptors (Lipinski definition) is 2. The van der Waals surface area contributed by atoms with E-state index in [0.29, 0.717) is 0 Å². The quantitative estimate of drug-likeness (QED) is 0.699. The van der Waals surface area contributed by atoms with Gasteiger partial charge in [-0.05, 0) is 23.8 Å². The monoisotopic (exact) mass is 210 g/mol. The van der Waals surface area contributed by atoms with Crippen molar-refractivity contribution in [3.63, 3.8) is 0 Å². The molecule has 0 heterocycles. The van der Waals surface area contributed by atoms with Crippen molar-refractivity contribution in [3.05, 3.63) is 11.8 Å². The molecule has 0 aliphatic heterocycles. The first-order chi connectivity index (χ1) is 6.70. The average Bonchev–Trinajstić information content (AvgIpc) is 1.97. The highest BCUT2D eigenvalue weighted by atomic mass is 16.5. The first-order valence-corrected chi connectivity index (χ1v) is 5.47. The van der Waals surface area contributed by atoms with Crippen LogP contribution >= 0.6 is 0 Å². The summed E-state index contributed by atoms with van der Waals surface area (Å²) in [6.45, 7) is 10.2. The van der Waals surface area contributed by atoms with Gasteiger partial charge in [0, 0.05) is 12.3 Å². The molecule has 1 aliphatic carbocycles. The fourth-order valence-electron chi connectivity index (χ4n) is 3.31. The molecule has 0 saturated carbocycles. The maximum Gasteiger partial charge on any atom is 0.134 e. The zero-order valence-electron chi connectivity index (χ0n) is 10.7. The summed E-state index contributed by atoms with van der Waals surface area (Å²) in [6, 6.07) is 0. The Labute approximate surface area is 92.7 Å². The van der Waals surface area contributed by atoms with Gasteiger partial charge in [-0.1, -0.05) is 27.7 Å². The van der Waals surface area contributed by atoms with Crippen molar-refractivity contribution in [2.75, 3.05) is 7.11 Å². The van der Waals surface area contributed by atoms with Crippen molar-refractivity contribution in [2.24, 2.45) is 16.7 Å². The smallest absolute Gasteiger partial charge is 0.134 e. The third-order valence-corrected chi connectivity index (χ3v) is 3.36. The summed E-state index contributed by atoms with van der Waals surface area (Å²) in [5, 5.41) is 0. The lowest BCUT2D eigenvalue weighted by Crippen LogP contribution is -2.43. The molecule has 0 bridgehead atoms. The molecule has 0 aromatic heterocycles. The number of Topliss-reactive ketones (excluding diaryl/α,β-unsaturated/α-hetero) is 1. The van der Waals surface area contributed by atoms with E-state index in [2.05, 4.69) is 33.8 Å². The van der Waals surface area contributed by atoms with E-state index in [4.69, 9.17) is 4.74 Å². The molecule has 0 aromatic carbocycles. The summed E-state index contributed by atoms with van der Waals surface area (Å²) in [5.41, 5.74) is -0.131. The van der Waals surface area contributed by atoms with Crippen molar-refractivity contribution in [1.82, 2.24) is 0 Å². The van der Waals surface area contributed by atoms with Crippen LogP contribution in [0.1, 0.15) is 41.0 Å². The second-order valence-electron chi connectivity index (χ2n) is 5.85. The van der Waals surface area contributed by atoms with Crippen molar-refractivity contribution >= 4 is 5.78 Å². The minimum Gasteiger partial charge on any atom is -0.501 e. The normalized spacial score (nSPS) is 28.1. The Bertz CT molecular complexity index is 298. The molecule has 0 spiro atoms. The maximum atomic E-state index is 11.8. The fraction of sp³-hybridized carbons (Fsp3) is 0.769. The average molecular weight is 210 g/mol.